The highest BCUT2D eigenvalue weighted by Gasteiger charge is 2.56. The zero-order valence-electron chi connectivity index (χ0n) is 22.9. The Bertz CT molecular complexity index is 882. The van der Waals surface area contributed by atoms with Crippen molar-refractivity contribution in [1.29, 1.82) is 0 Å². The Morgan fingerprint density at radius 1 is 1.00 bits per heavy atom. The molecule has 0 bridgehead atoms. The Morgan fingerprint density at radius 3 is 2.35 bits per heavy atom. The van der Waals surface area contributed by atoms with Gasteiger partial charge in [-0.25, -0.2) is 0 Å². The number of ketones is 2. The number of allylic oxidation sites excluding steroid dienone is 2. The van der Waals surface area contributed by atoms with E-state index in [4.69, 9.17) is 4.74 Å². The second-order valence-electron chi connectivity index (χ2n) is 13.8. The molecule has 0 amide bonds. The van der Waals surface area contributed by atoms with Gasteiger partial charge in [0.2, 0.25) is 0 Å². The molecule has 3 aliphatic carbocycles. The third-order valence-corrected chi connectivity index (χ3v) is 11.3. The summed E-state index contributed by atoms with van der Waals surface area (Å²) in [5.41, 5.74) is 1.32. The van der Waals surface area contributed by atoms with E-state index in [1.165, 1.54) is 5.57 Å². The molecule has 0 spiro atoms. The first-order valence-electron chi connectivity index (χ1n) is 13.8. The van der Waals surface area contributed by atoms with Gasteiger partial charge in [0.25, 0.3) is 0 Å². The minimum atomic E-state index is -0.697. The molecule has 2 saturated carbocycles. The van der Waals surface area contributed by atoms with Crippen molar-refractivity contribution >= 4 is 11.6 Å². The van der Waals surface area contributed by atoms with E-state index in [2.05, 4.69) is 34.6 Å². The van der Waals surface area contributed by atoms with E-state index in [0.29, 0.717) is 24.7 Å². The highest BCUT2D eigenvalue weighted by molar-refractivity contribution is 5.97. The van der Waals surface area contributed by atoms with Crippen molar-refractivity contribution in [2.24, 2.45) is 34.0 Å². The van der Waals surface area contributed by atoms with Crippen LogP contribution in [-0.2, 0) is 14.3 Å². The summed E-state index contributed by atoms with van der Waals surface area (Å²) in [6.07, 6.45) is 7.70. The normalized spacial score (nSPS) is 44.3. The van der Waals surface area contributed by atoms with Gasteiger partial charge in [-0.2, -0.15) is 0 Å². The molecular weight excluding hydrogens is 424 g/mol. The summed E-state index contributed by atoms with van der Waals surface area (Å²) in [6, 6.07) is 0. The van der Waals surface area contributed by atoms with Crippen LogP contribution in [0.1, 0.15) is 113 Å². The predicted octanol–water partition coefficient (Wildman–Crippen LogP) is 6.44. The number of Topliss-reactive ketones (excluding diaryl/α,β-unsaturated/α-hetero) is 2. The van der Waals surface area contributed by atoms with Gasteiger partial charge in [-0.05, 0) is 105 Å². The maximum absolute atomic E-state index is 13.2. The van der Waals surface area contributed by atoms with E-state index in [-0.39, 0.29) is 45.9 Å². The molecule has 192 valence electrons. The SMILES string of the molecule is CC1=C(CC[C@@H]2C(C)CC[C@@H]3OC(C)(C)C(=O)CCC32C)C2(C)CC[C@@H](O)C(C)(C)[C@@H]2CC1=O. The largest absolute Gasteiger partial charge is 0.393 e. The lowest BCUT2D eigenvalue weighted by atomic mass is 9.48. The Hall–Kier alpha value is -1.00. The molecule has 34 heavy (non-hydrogen) atoms. The number of rotatable bonds is 3. The van der Waals surface area contributed by atoms with Crippen molar-refractivity contribution in [1.82, 2.24) is 0 Å². The molecule has 4 rings (SSSR count). The van der Waals surface area contributed by atoms with Crippen molar-refractivity contribution in [3.63, 3.8) is 0 Å². The number of fused-ring (bicyclic) bond motifs is 2. The van der Waals surface area contributed by atoms with Crippen LogP contribution in [0.15, 0.2) is 11.1 Å². The molecule has 4 heteroatoms. The predicted molar refractivity (Wildman–Crippen MR) is 135 cm³/mol. The first-order chi connectivity index (χ1) is 15.6. The zero-order valence-corrected chi connectivity index (χ0v) is 22.9. The van der Waals surface area contributed by atoms with Crippen LogP contribution in [0.2, 0.25) is 0 Å². The standard InChI is InChI=1S/C30H48O4/c1-18-9-12-26-30(8,16-14-25(33)28(5,6)34-26)20(18)10-11-21-19(2)22(31)17-23-27(3,4)24(32)13-15-29(21,23)7/h18,20,23-24,26,32H,9-17H2,1-8H3/t18?,20-,23+,24-,26+,29?,30?/m1/s1. The van der Waals surface area contributed by atoms with Gasteiger partial charge in [-0.3, -0.25) is 9.59 Å². The van der Waals surface area contributed by atoms with Crippen LogP contribution in [0.4, 0.5) is 0 Å². The minimum absolute atomic E-state index is 0.0173. The van der Waals surface area contributed by atoms with Gasteiger partial charge in [0.1, 0.15) is 5.60 Å². The van der Waals surface area contributed by atoms with Crippen molar-refractivity contribution in [2.75, 3.05) is 0 Å². The van der Waals surface area contributed by atoms with Gasteiger partial charge < -0.3 is 9.84 Å². The molecule has 1 aliphatic heterocycles. The second kappa shape index (κ2) is 8.54. The second-order valence-corrected chi connectivity index (χ2v) is 13.8. The van der Waals surface area contributed by atoms with Gasteiger partial charge in [0.05, 0.1) is 12.2 Å². The van der Waals surface area contributed by atoms with Crippen molar-refractivity contribution in [3.05, 3.63) is 11.1 Å². The van der Waals surface area contributed by atoms with E-state index >= 15 is 0 Å². The minimum Gasteiger partial charge on any atom is -0.393 e. The fourth-order valence-electron chi connectivity index (χ4n) is 8.69. The number of aliphatic hydroxyl groups excluding tert-OH is 1. The summed E-state index contributed by atoms with van der Waals surface area (Å²) >= 11 is 0. The van der Waals surface area contributed by atoms with Crippen LogP contribution in [0.5, 0.6) is 0 Å². The van der Waals surface area contributed by atoms with Crippen molar-refractivity contribution < 1.29 is 19.4 Å². The molecule has 1 saturated heterocycles. The zero-order chi connectivity index (χ0) is 25.3. The highest BCUT2D eigenvalue weighted by Crippen LogP contribution is 2.61. The molecule has 7 atom stereocenters. The lowest BCUT2D eigenvalue weighted by Gasteiger charge is -2.57. The summed E-state index contributed by atoms with van der Waals surface area (Å²) in [6.45, 7) is 17.3. The summed E-state index contributed by atoms with van der Waals surface area (Å²) in [7, 11) is 0. The molecule has 1 heterocycles. The molecule has 0 aromatic heterocycles. The fraction of sp³-hybridized carbons (Fsp3) is 0.867. The van der Waals surface area contributed by atoms with Gasteiger partial charge in [-0.15, -0.1) is 0 Å². The average Bonchev–Trinajstić information content (AvgIpc) is 2.84. The number of ether oxygens (including phenoxy) is 1. The molecular formula is C30H48O4. The monoisotopic (exact) mass is 472 g/mol. The summed E-state index contributed by atoms with van der Waals surface area (Å²) in [5, 5.41) is 10.8. The third kappa shape index (κ3) is 3.95. The van der Waals surface area contributed by atoms with Gasteiger partial charge in [0, 0.05) is 12.8 Å². The molecule has 0 radical (unpaired) electrons. The summed E-state index contributed by atoms with van der Waals surface area (Å²) in [4.78, 5) is 25.9. The van der Waals surface area contributed by atoms with Crippen LogP contribution in [0.25, 0.3) is 0 Å². The van der Waals surface area contributed by atoms with Gasteiger partial charge in [0.15, 0.2) is 11.6 Å². The Kier molecular flexibility index (Phi) is 6.55. The van der Waals surface area contributed by atoms with Crippen LogP contribution in [0.3, 0.4) is 0 Å². The van der Waals surface area contributed by atoms with E-state index in [9.17, 15) is 14.7 Å². The number of carbonyl (C=O) groups excluding carboxylic acids is 2. The van der Waals surface area contributed by atoms with E-state index in [1.54, 1.807) is 0 Å². The Labute approximate surface area is 207 Å². The first-order valence-corrected chi connectivity index (χ1v) is 13.8. The van der Waals surface area contributed by atoms with Crippen LogP contribution in [0, 0.1) is 34.0 Å². The fourth-order valence-corrected chi connectivity index (χ4v) is 8.69. The van der Waals surface area contributed by atoms with E-state index < -0.39 is 5.60 Å². The highest BCUT2D eigenvalue weighted by atomic mass is 16.5. The maximum Gasteiger partial charge on any atom is 0.164 e. The van der Waals surface area contributed by atoms with Gasteiger partial charge in [-0.1, -0.05) is 40.2 Å². The lowest BCUT2D eigenvalue weighted by molar-refractivity contribution is -0.166. The molecule has 0 aromatic rings. The molecule has 4 nitrogen and oxygen atoms in total. The summed E-state index contributed by atoms with van der Waals surface area (Å²) < 4.78 is 6.53. The molecule has 1 N–H and O–H groups in total. The average molecular weight is 473 g/mol. The molecule has 3 unspecified atom stereocenters. The summed E-state index contributed by atoms with van der Waals surface area (Å²) in [5.74, 6) is 1.72. The number of aliphatic hydroxyl groups is 1. The van der Waals surface area contributed by atoms with Gasteiger partial charge >= 0.3 is 0 Å². The molecule has 0 aromatic carbocycles. The smallest absolute Gasteiger partial charge is 0.164 e. The Balaban J connectivity index is 1.63. The van der Waals surface area contributed by atoms with Crippen LogP contribution in [-0.4, -0.2) is 34.5 Å². The number of carbonyl (C=O) groups is 2. The number of hydrogen-bond donors (Lipinski definition) is 1. The quantitative estimate of drug-likeness (QED) is 0.513. The van der Waals surface area contributed by atoms with Crippen LogP contribution >= 0.6 is 0 Å². The lowest BCUT2D eigenvalue weighted by Crippen LogP contribution is -2.53. The molecule has 4 aliphatic rings. The van der Waals surface area contributed by atoms with E-state index in [1.807, 2.05) is 20.8 Å². The van der Waals surface area contributed by atoms with Crippen molar-refractivity contribution in [3.8, 4) is 0 Å². The number of hydrogen-bond acceptors (Lipinski definition) is 4. The molecule has 3 fully saturated rings. The van der Waals surface area contributed by atoms with Crippen LogP contribution < -0.4 is 0 Å². The first kappa shape index (κ1) is 26.1. The van der Waals surface area contributed by atoms with Crippen molar-refractivity contribution in [2.45, 2.75) is 131 Å². The topological polar surface area (TPSA) is 63.6 Å². The maximum atomic E-state index is 13.2. The third-order valence-electron chi connectivity index (χ3n) is 11.3. The van der Waals surface area contributed by atoms with E-state index in [0.717, 1.165) is 50.5 Å². The Morgan fingerprint density at radius 2 is 1.68 bits per heavy atom.